The molecule has 0 aliphatic carbocycles. The molecular formula is C9H8BrFI. The van der Waals surface area contributed by atoms with Gasteiger partial charge in [-0.1, -0.05) is 22.9 Å². The average Bonchev–Trinajstić information content (AvgIpc) is 2.08. The van der Waals surface area contributed by atoms with E-state index >= 15 is 0 Å². The van der Waals surface area contributed by atoms with Crippen LogP contribution in [-0.2, 0) is 0 Å². The molecule has 0 amide bonds. The van der Waals surface area contributed by atoms with Gasteiger partial charge in [0.25, 0.3) is 0 Å². The molecular weight excluding hydrogens is 334 g/mol. The van der Waals surface area contributed by atoms with Crippen molar-refractivity contribution in [3.8, 4) is 0 Å². The number of hydrogen-bond acceptors (Lipinski definition) is 0. The van der Waals surface area contributed by atoms with Crippen molar-refractivity contribution in [2.45, 2.75) is 6.92 Å². The van der Waals surface area contributed by atoms with Gasteiger partial charge >= 0.3 is 0 Å². The maximum absolute atomic E-state index is 12.3. The van der Waals surface area contributed by atoms with Crippen LogP contribution in [-0.4, -0.2) is 6.67 Å². The second-order valence-corrected chi connectivity index (χ2v) is 4.62. The lowest BCUT2D eigenvalue weighted by Crippen LogP contribution is -1.99. The van der Waals surface area contributed by atoms with Gasteiger partial charge in [0, 0.05) is 14.0 Å². The first-order valence-corrected chi connectivity index (χ1v) is 5.36. The number of rotatable bonds is 2. The van der Waals surface area contributed by atoms with Crippen LogP contribution in [0.4, 0.5) is 4.39 Å². The first-order valence-electron chi connectivity index (χ1n) is 3.49. The smallest absolute Gasteiger partial charge is 0.0998 e. The highest BCUT2D eigenvalue weighted by atomic mass is 127. The summed E-state index contributed by atoms with van der Waals surface area (Å²) in [5.74, 6) is 0.778. The van der Waals surface area contributed by atoms with E-state index in [1.165, 1.54) is 0 Å². The fourth-order valence-electron chi connectivity index (χ4n) is 0.897. The number of alkyl halides is 1. The van der Waals surface area contributed by atoms with E-state index in [0.717, 1.165) is 19.5 Å². The van der Waals surface area contributed by atoms with Crippen molar-refractivity contribution in [3.05, 3.63) is 37.7 Å². The van der Waals surface area contributed by atoms with Crippen molar-refractivity contribution in [3.63, 3.8) is 0 Å². The van der Waals surface area contributed by atoms with Crippen molar-refractivity contribution in [1.82, 2.24) is 0 Å². The molecule has 0 aliphatic heterocycles. The van der Waals surface area contributed by atoms with Crippen LogP contribution in [0.5, 0.6) is 0 Å². The Morgan fingerprint density at radius 1 is 1.58 bits per heavy atom. The fraction of sp³-hybridized carbons (Fsp3) is 0.222. The van der Waals surface area contributed by atoms with Gasteiger partial charge in [-0.2, -0.15) is 0 Å². The lowest BCUT2D eigenvalue weighted by atomic mass is 10.0. The zero-order valence-electron chi connectivity index (χ0n) is 6.57. The van der Waals surface area contributed by atoms with E-state index in [9.17, 15) is 4.39 Å². The third kappa shape index (κ3) is 2.42. The minimum absolute atomic E-state index is 0.382. The van der Waals surface area contributed by atoms with Crippen molar-refractivity contribution < 1.29 is 4.39 Å². The molecule has 1 aromatic carbocycles. The van der Waals surface area contributed by atoms with Crippen molar-refractivity contribution in [2.24, 2.45) is 0 Å². The molecule has 1 radical (unpaired) electrons. The predicted molar refractivity (Wildman–Crippen MR) is 60.9 cm³/mol. The molecule has 3 heteroatoms. The van der Waals surface area contributed by atoms with Gasteiger partial charge in [-0.15, -0.1) is 0 Å². The Bertz CT molecular complexity index is 275. The molecule has 0 saturated carbocycles. The molecule has 0 N–H and O–H groups in total. The standard InChI is InChI=1S/C9H8BrFI/c1-6(5-11)8-4-7(10)2-3-9(8)12/h2-4H,5H2,1H3. The second-order valence-electron chi connectivity index (χ2n) is 2.54. The number of halogens is 3. The van der Waals surface area contributed by atoms with Gasteiger partial charge in [-0.3, -0.25) is 4.39 Å². The molecule has 0 bridgehead atoms. The van der Waals surface area contributed by atoms with E-state index in [-0.39, 0.29) is 6.67 Å². The minimum atomic E-state index is -0.382. The summed E-state index contributed by atoms with van der Waals surface area (Å²) in [7, 11) is 0. The van der Waals surface area contributed by atoms with Crippen LogP contribution in [0, 0.1) is 9.49 Å². The Morgan fingerprint density at radius 3 is 2.83 bits per heavy atom. The van der Waals surface area contributed by atoms with Gasteiger partial charge in [-0.05, 0) is 46.4 Å². The molecule has 65 valence electrons. The fourth-order valence-corrected chi connectivity index (χ4v) is 2.05. The maximum atomic E-state index is 12.3. The summed E-state index contributed by atoms with van der Waals surface area (Å²) < 4.78 is 14.4. The summed E-state index contributed by atoms with van der Waals surface area (Å²) in [4.78, 5) is 0. The van der Waals surface area contributed by atoms with Crippen LogP contribution in [0.25, 0.3) is 0 Å². The maximum Gasteiger partial charge on any atom is 0.0998 e. The van der Waals surface area contributed by atoms with Crippen molar-refractivity contribution >= 4 is 38.5 Å². The van der Waals surface area contributed by atoms with Gasteiger partial charge in [0.1, 0.15) is 0 Å². The Labute approximate surface area is 93.8 Å². The highest BCUT2D eigenvalue weighted by molar-refractivity contribution is 14.1. The largest absolute Gasteiger partial charge is 0.250 e. The molecule has 0 nitrogen and oxygen atoms in total. The molecule has 0 spiro atoms. The SMILES string of the molecule is C[C](CF)c1cc(Br)ccc1I. The third-order valence-electron chi connectivity index (χ3n) is 1.59. The summed E-state index contributed by atoms with van der Waals surface area (Å²) in [6.45, 7) is 1.43. The molecule has 0 saturated heterocycles. The Hall–Kier alpha value is 0.360. The van der Waals surface area contributed by atoms with Crippen LogP contribution < -0.4 is 0 Å². The van der Waals surface area contributed by atoms with Gasteiger partial charge in [0.2, 0.25) is 0 Å². The number of benzene rings is 1. The quantitative estimate of drug-likeness (QED) is 0.714. The molecule has 1 aromatic rings. The molecule has 0 heterocycles. The molecule has 1 rings (SSSR count). The van der Waals surface area contributed by atoms with Crippen molar-refractivity contribution in [2.75, 3.05) is 6.67 Å². The van der Waals surface area contributed by atoms with Gasteiger partial charge in [0.05, 0.1) is 6.67 Å². The van der Waals surface area contributed by atoms with Gasteiger partial charge in [0.15, 0.2) is 0 Å². The van der Waals surface area contributed by atoms with Crippen LogP contribution in [0.2, 0.25) is 0 Å². The second kappa shape index (κ2) is 4.56. The molecule has 0 fully saturated rings. The van der Waals surface area contributed by atoms with E-state index in [2.05, 4.69) is 38.5 Å². The van der Waals surface area contributed by atoms with E-state index in [1.807, 2.05) is 25.1 Å². The highest BCUT2D eigenvalue weighted by Gasteiger charge is 2.09. The first-order chi connectivity index (χ1) is 5.65. The van der Waals surface area contributed by atoms with Crippen LogP contribution in [0.15, 0.2) is 22.7 Å². The first kappa shape index (κ1) is 10.4. The molecule has 0 aliphatic rings. The summed E-state index contributed by atoms with van der Waals surface area (Å²) >= 11 is 5.56. The van der Waals surface area contributed by atoms with Gasteiger partial charge < -0.3 is 0 Å². The van der Waals surface area contributed by atoms with E-state index in [4.69, 9.17) is 0 Å². The predicted octanol–water partition coefficient (Wildman–Crippen LogP) is 3.97. The van der Waals surface area contributed by atoms with Crippen LogP contribution >= 0.6 is 38.5 Å². The van der Waals surface area contributed by atoms with E-state index in [1.54, 1.807) is 0 Å². The third-order valence-corrected chi connectivity index (χ3v) is 3.02. The van der Waals surface area contributed by atoms with Crippen LogP contribution in [0.1, 0.15) is 12.5 Å². The van der Waals surface area contributed by atoms with Gasteiger partial charge in [-0.25, -0.2) is 0 Å². The normalized spacial score (nSPS) is 10.8. The average molecular weight is 342 g/mol. The molecule has 0 atom stereocenters. The summed E-state index contributed by atoms with van der Waals surface area (Å²) in [5.41, 5.74) is 0.993. The highest BCUT2D eigenvalue weighted by Crippen LogP contribution is 2.24. The molecule has 12 heavy (non-hydrogen) atoms. The van der Waals surface area contributed by atoms with E-state index in [0.29, 0.717) is 0 Å². The minimum Gasteiger partial charge on any atom is -0.250 e. The lowest BCUT2D eigenvalue weighted by molar-refractivity contribution is 0.515. The summed E-state index contributed by atoms with van der Waals surface area (Å²) in [6.07, 6.45) is 0. The van der Waals surface area contributed by atoms with Crippen LogP contribution in [0.3, 0.4) is 0 Å². The monoisotopic (exact) mass is 341 g/mol. The summed E-state index contributed by atoms with van der Waals surface area (Å²) in [6, 6.07) is 5.87. The lowest BCUT2D eigenvalue weighted by Gasteiger charge is -2.09. The zero-order chi connectivity index (χ0) is 9.14. The van der Waals surface area contributed by atoms with Crippen molar-refractivity contribution in [1.29, 1.82) is 0 Å². The molecule has 0 aromatic heterocycles. The Kier molecular flexibility index (Phi) is 3.96. The zero-order valence-corrected chi connectivity index (χ0v) is 10.3. The Morgan fingerprint density at radius 2 is 2.25 bits per heavy atom. The topological polar surface area (TPSA) is 0 Å². The molecule has 0 unspecified atom stereocenters. The summed E-state index contributed by atoms with van der Waals surface area (Å²) in [5, 5.41) is 0. The Balaban J connectivity index is 3.04. The van der Waals surface area contributed by atoms with E-state index < -0.39 is 0 Å². The number of hydrogen-bond donors (Lipinski definition) is 0.